The summed E-state index contributed by atoms with van der Waals surface area (Å²) >= 11 is 0. The van der Waals surface area contributed by atoms with Crippen LogP contribution in [-0.4, -0.2) is 39.0 Å². The highest BCUT2D eigenvalue weighted by Gasteiger charge is 2.21. The number of amides is 1. The van der Waals surface area contributed by atoms with E-state index in [2.05, 4.69) is 9.97 Å². The van der Waals surface area contributed by atoms with Gasteiger partial charge in [-0.3, -0.25) is 4.79 Å². The van der Waals surface area contributed by atoms with Gasteiger partial charge in [-0.15, -0.1) is 0 Å². The zero-order chi connectivity index (χ0) is 17.6. The van der Waals surface area contributed by atoms with Gasteiger partial charge in [0.1, 0.15) is 11.6 Å². The minimum Gasteiger partial charge on any atom is -0.395 e. The highest BCUT2D eigenvalue weighted by Crippen LogP contribution is 2.22. The van der Waals surface area contributed by atoms with Crippen LogP contribution < -0.4 is 0 Å². The quantitative estimate of drug-likeness (QED) is 0.725. The third kappa shape index (κ3) is 3.75. The van der Waals surface area contributed by atoms with Gasteiger partial charge in [0.15, 0.2) is 0 Å². The third-order valence-corrected chi connectivity index (χ3v) is 3.89. The summed E-state index contributed by atoms with van der Waals surface area (Å²) < 4.78 is 13.9. The Bertz CT molecular complexity index is 849. The van der Waals surface area contributed by atoms with Crippen molar-refractivity contribution in [2.45, 2.75) is 6.54 Å². The second kappa shape index (κ2) is 7.72. The van der Waals surface area contributed by atoms with E-state index in [1.165, 1.54) is 11.0 Å². The lowest BCUT2D eigenvalue weighted by molar-refractivity contribution is 0.0707. The Labute approximate surface area is 144 Å². The predicted octanol–water partition coefficient (Wildman–Crippen LogP) is 2.85. The maximum absolute atomic E-state index is 13.9. The minimum absolute atomic E-state index is 0.0819. The molecule has 0 spiro atoms. The molecule has 1 heterocycles. The van der Waals surface area contributed by atoms with E-state index in [1.54, 1.807) is 48.8 Å². The highest BCUT2D eigenvalue weighted by atomic mass is 19.1. The topological polar surface area (TPSA) is 69.2 Å². The zero-order valence-electron chi connectivity index (χ0n) is 13.5. The van der Waals surface area contributed by atoms with Crippen molar-refractivity contribution in [3.05, 3.63) is 77.9 Å². The fourth-order valence-corrected chi connectivity index (χ4v) is 2.66. The summed E-state index contributed by atoms with van der Waals surface area (Å²) in [5, 5.41) is 9.33. The molecule has 0 atom stereocenters. The number of benzene rings is 2. The average Bonchev–Trinajstić information content (AvgIpc) is 3.17. The molecule has 0 aliphatic heterocycles. The summed E-state index contributed by atoms with van der Waals surface area (Å²) in [6, 6.07) is 13.4. The summed E-state index contributed by atoms with van der Waals surface area (Å²) in [5.74, 6) is -0.0827. The molecule has 0 fully saturated rings. The number of aliphatic hydroxyl groups excluding tert-OH is 1. The van der Waals surface area contributed by atoms with Crippen LogP contribution in [0.5, 0.6) is 0 Å². The van der Waals surface area contributed by atoms with E-state index >= 15 is 0 Å². The van der Waals surface area contributed by atoms with Crippen LogP contribution in [0.15, 0.2) is 60.9 Å². The van der Waals surface area contributed by atoms with E-state index < -0.39 is 0 Å². The van der Waals surface area contributed by atoms with Gasteiger partial charge in [0, 0.05) is 36.6 Å². The molecule has 2 aromatic carbocycles. The van der Waals surface area contributed by atoms with Gasteiger partial charge in [0.25, 0.3) is 5.91 Å². The lowest BCUT2D eigenvalue weighted by atomic mass is 10.0. The van der Waals surface area contributed by atoms with E-state index in [0.717, 1.165) is 0 Å². The smallest absolute Gasteiger partial charge is 0.254 e. The van der Waals surface area contributed by atoms with Crippen molar-refractivity contribution in [1.29, 1.82) is 0 Å². The number of hydrogen-bond acceptors (Lipinski definition) is 3. The Morgan fingerprint density at radius 2 is 1.92 bits per heavy atom. The second-order valence-electron chi connectivity index (χ2n) is 5.53. The summed E-state index contributed by atoms with van der Waals surface area (Å²) in [4.78, 5) is 21.6. The highest BCUT2D eigenvalue weighted by molar-refractivity contribution is 6.00. The van der Waals surface area contributed by atoms with Gasteiger partial charge < -0.3 is 15.0 Å². The minimum atomic E-state index is -0.377. The molecule has 1 amide bonds. The Kier molecular flexibility index (Phi) is 5.20. The van der Waals surface area contributed by atoms with Crippen LogP contribution in [0.4, 0.5) is 4.39 Å². The fraction of sp³-hybridized carbons (Fsp3) is 0.158. The first-order valence-corrected chi connectivity index (χ1v) is 7.93. The standard InChI is InChI=1S/C19H18FN3O2/c20-17-8-4-1-5-14(17)13-23(11-12-24)19(25)16-7-3-2-6-15(16)18-21-9-10-22-18/h1-10,24H,11-13H2,(H,21,22). The molecule has 6 heteroatoms. The third-order valence-electron chi connectivity index (χ3n) is 3.89. The largest absolute Gasteiger partial charge is 0.395 e. The number of nitrogens with one attached hydrogen (secondary N) is 1. The van der Waals surface area contributed by atoms with E-state index in [1.807, 2.05) is 6.07 Å². The van der Waals surface area contributed by atoms with Crippen molar-refractivity contribution in [3.63, 3.8) is 0 Å². The summed E-state index contributed by atoms with van der Waals surface area (Å²) in [6.07, 6.45) is 3.29. The average molecular weight is 339 g/mol. The molecule has 2 N–H and O–H groups in total. The van der Waals surface area contributed by atoms with Crippen LogP contribution in [0.1, 0.15) is 15.9 Å². The first kappa shape index (κ1) is 16.9. The molecule has 0 saturated heterocycles. The molecule has 0 bridgehead atoms. The number of nitrogens with zero attached hydrogens (tertiary/aromatic N) is 2. The van der Waals surface area contributed by atoms with Crippen molar-refractivity contribution >= 4 is 5.91 Å². The first-order chi connectivity index (χ1) is 12.2. The van der Waals surface area contributed by atoms with Gasteiger partial charge in [-0.05, 0) is 12.1 Å². The van der Waals surface area contributed by atoms with Gasteiger partial charge >= 0.3 is 0 Å². The van der Waals surface area contributed by atoms with Gasteiger partial charge in [-0.1, -0.05) is 36.4 Å². The van der Waals surface area contributed by atoms with Crippen molar-refractivity contribution in [2.75, 3.05) is 13.2 Å². The number of hydrogen-bond donors (Lipinski definition) is 2. The number of halogens is 1. The number of aliphatic hydroxyl groups is 1. The molecule has 0 saturated carbocycles. The van der Waals surface area contributed by atoms with E-state index in [9.17, 15) is 14.3 Å². The molecule has 25 heavy (non-hydrogen) atoms. The van der Waals surface area contributed by atoms with Crippen LogP contribution in [0.3, 0.4) is 0 Å². The van der Waals surface area contributed by atoms with Gasteiger partial charge in [-0.25, -0.2) is 9.37 Å². The van der Waals surface area contributed by atoms with E-state index in [0.29, 0.717) is 22.5 Å². The molecule has 5 nitrogen and oxygen atoms in total. The van der Waals surface area contributed by atoms with Gasteiger partial charge in [-0.2, -0.15) is 0 Å². The lowest BCUT2D eigenvalue weighted by Gasteiger charge is -2.23. The molecular formula is C19H18FN3O2. The SMILES string of the molecule is O=C(c1ccccc1-c1ncc[nH]1)N(CCO)Cc1ccccc1F. The van der Waals surface area contributed by atoms with Crippen molar-refractivity contribution < 1.29 is 14.3 Å². The number of rotatable bonds is 6. The van der Waals surface area contributed by atoms with Gasteiger partial charge in [0.2, 0.25) is 0 Å². The predicted molar refractivity (Wildman–Crippen MR) is 92.3 cm³/mol. The van der Waals surface area contributed by atoms with Crippen molar-refractivity contribution in [1.82, 2.24) is 14.9 Å². The van der Waals surface area contributed by atoms with Crippen LogP contribution >= 0.6 is 0 Å². The van der Waals surface area contributed by atoms with Crippen LogP contribution in [0, 0.1) is 5.82 Å². The molecule has 0 unspecified atom stereocenters. The molecule has 0 aliphatic rings. The Hall–Kier alpha value is -2.99. The zero-order valence-corrected chi connectivity index (χ0v) is 13.5. The molecule has 0 radical (unpaired) electrons. The Morgan fingerprint density at radius 3 is 2.64 bits per heavy atom. The normalized spacial score (nSPS) is 10.6. The maximum Gasteiger partial charge on any atom is 0.254 e. The second-order valence-corrected chi connectivity index (χ2v) is 5.53. The number of aromatic amines is 1. The number of carbonyl (C=O) groups is 1. The maximum atomic E-state index is 13.9. The summed E-state index contributed by atoms with van der Waals surface area (Å²) in [5.41, 5.74) is 1.51. The Balaban J connectivity index is 1.93. The first-order valence-electron chi connectivity index (χ1n) is 7.93. The van der Waals surface area contributed by atoms with E-state index in [-0.39, 0.29) is 31.4 Å². The number of imidazole rings is 1. The monoisotopic (exact) mass is 339 g/mol. The van der Waals surface area contributed by atoms with Crippen molar-refractivity contribution in [3.8, 4) is 11.4 Å². The van der Waals surface area contributed by atoms with E-state index in [4.69, 9.17) is 0 Å². The fourth-order valence-electron chi connectivity index (χ4n) is 2.66. The number of aromatic nitrogens is 2. The molecule has 1 aromatic heterocycles. The summed E-state index contributed by atoms with van der Waals surface area (Å²) in [7, 11) is 0. The van der Waals surface area contributed by atoms with Crippen LogP contribution in [-0.2, 0) is 6.54 Å². The van der Waals surface area contributed by atoms with Crippen LogP contribution in [0.2, 0.25) is 0 Å². The Morgan fingerprint density at radius 1 is 1.16 bits per heavy atom. The molecule has 128 valence electrons. The summed E-state index contributed by atoms with van der Waals surface area (Å²) in [6.45, 7) is -0.0126. The molecule has 0 aliphatic carbocycles. The number of H-pyrrole nitrogens is 1. The van der Waals surface area contributed by atoms with Crippen LogP contribution in [0.25, 0.3) is 11.4 Å². The van der Waals surface area contributed by atoms with Crippen molar-refractivity contribution in [2.24, 2.45) is 0 Å². The number of carbonyl (C=O) groups excluding carboxylic acids is 1. The lowest BCUT2D eigenvalue weighted by Crippen LogP contribution is -2.33. The molecule has 3 aromatic rings. The molecule has 3 rings (SSSR count). The molecular weight excluding hydrogens is 321 g/mol. The van der Waals surface area contributed by atoms with Gasteiger partial charge in [0.05, 0.1) is 12.2 Å².